The summed E-state index contributed by atoms with van der Waals surface area (Å²) in [5.41, 5.74) is 0. The van der Waals surface area contributed by atoms with Gasteiger partial charge in [-0.15, -0.1) is 0 Å². The van der Waals surface area contributed by atoms with Crippen molar-refractivity contribution < 1.29 is 23.4 Å². The van der Waals surface area contributed by atoms with E-state index in [1.165, 1.54) is 6.07 Å². The van der Waals surface area contributed by atoms with Gasteiger partial charge in [-0.1, -0.05) is 12.8 Å². The van der Waals surface area contributed by atoms with E-state index >= 15 is 0 Å². The predicted molar refractivity (Wildman–Crippen MR) is 81.2 cm³/mol. The Balaban J connectivity index is 1.68. The van der Waals surface area contributed by atoms with Gasteiger partial charge in [0.25, 0.3) is 0 Å². The summed E-state index contributed by atoms with van der Waals surface area (Å²) in [7, 11) is 0. The Labute approximate surface area is 134 Å². The fourth-order valence-corrected chi connectivity index (χ4v) is 2.75. The lowest BCUT2D eigenvalue weighted by Gasteiger charge is -2.30. The summed E-state index contributed by atoms with van der Waals surface area (Å²) in [6.45, 7) is 0.334. The van der Waals surface area contributed by atoms with Crippen LogP contribution in [-0.4, -0.2) is 36.9 Å². The number of ether oxygens (including phenoxy) is 1. The fraction of sp³-hybridized carbons (Fsp3) is 0.562. The van der Waals surface area contributed by atoms with Gasteiger partial charge in [0.2, 0.25) is 0 Å². The molecule has 3 N–H and O–H groups in total. The van der Waals surface area contributed by atoms with E-state index in [9.17, 15) is 18.7 Å². The van der Waals surface area contributed by atoms with E-state index in [1.54, 1.807) is 0 Å². The molecule has 0 radical (unpaired) electrons. The van der Waals surface area contributed by atoms with Crippen molar-refractivity contribution in [2.45, 2.75) is 31.7 Å². The molecule has 128 valence electrons. The summed E-state index contributed by atoms with van der Waals surface area (Å²) < 4.78 is 31.2. The van der Waals surface area contributed by atoms with Gasteiger partial charge >= 0.3 is 6.03 Å². The van der Waals surface area contributed by atoms with Crippen molar-refractivity contribution in [3.8, 4) is 5.75 Å². The van der Waals surface area contributed by atoms with Gasteiger partial charge in [0.1, 0.15) is 12.4 Å². The van der Waals surface area contributed by atoms with E-state index in [0.29, 0.717) is 0 Å². The summed E-state index contributed by atoms with van der Waals surface area (Å²) in [5, 5.41) is 14.8. The second kappa shape index (κ2) is 8.67. The molecule has 0 aromatic heterocycles. The fourth-order valence-electron chi connectivity index (χ4n) is 2.75. The zero-order chi connectivity index (χ0) is 16.7. The first-order valence-electron chi connectivity index (χ1n) is 7.83. The summed E-state index contributed by atoms with van der Waals surface area (Å²) >= 11 is 0. The third kappa shape index (κ3) is 5.35. The van der Waals surface area contributed by atoms with Crippen LogP contribution in [0.1, 0.15) is 25.7 Å². The molecule has 1 aromatic rings. The third-order valence-corrected chi connectivity index (χ3v) is 4.00. The molecule has 23 heavy (non-hydrogen) atoms. The van der Waals surface area contributed by atoms with Crippen LogP contribution in [0.5, 0.6) is 5.75 Å². The van der Waals surface area contributed by atoms with E-state index in [2.05, 4.69) is 10.6 Å². The van der Waals surface area contributed by atoms with E-state index in [-0.39, 0.29) is 43.5 Å². The minimum atomic E-state index is -0.776. The molecular formula is C16H22F2N2O3. The number of hydrogen-bond donors (Lipinski definition) is 3. The van der Waals surface area contributed by atoms with Gasteiger partial charge in [0, 0.05) is 24.6 Å². The highest BCUT2D eigenvalue weighted by atomic mass is 19.1. The number of amides is 2. The van der Waals surface area contributed by atoms with Crippen LogP contribution >= 0.6 is 0 Å². The van der Waals surface area contributed by atoms with Gasteiger partial charge in [0.05, 0.1) is 6.54 Å². The third-order valence-electron chi connectivity index (χ3n) is 4.00. The number of benzene rings is 1. The highest BCUT2D eigenvalue weighted by Gasteiger charge is 2.25. The van der Waals surface area contributed by atoms with Crippen molar-refractivity contribution in [1.29, 1.82) is 0 Å². The van der Waals surface area contributed by atoms with Crippen LogP contribution in [0.3, 0.4) is 0 Å². The largest absolute Gasteiger partial charge is 0.489 e. The Kier molecular flexibility index (Phi) is 6.58. The molecule has 1 aromatic carbocycles. The van der Waals surface area contributed by atoms with Crippen molar-refractivity contribution in [3.05, 3.63) is 29.8 Å². The SMILES string of the molecule is O=C(NCCOc1ccc(F)cc1F)NC1CCCCC1CO. The summed E-state index contributed by atoms with van der Waals surface area (Å²) in [4.78, 5) is 11.8. The monoisotopic (exact) mass is 328 g/mol. The molecule has 1 aliphatic carbocycles. The Hall–Kier alpha value is -1.89. The van der Waals surface area contributed by atoms with Gasteiger partial charge in [-0.2, -0.15) is 0 Å². The standard InChI is InChI=1S/C16H22F2N2O3/c17-12-5-6-15(13(18)9-12)23-8-7-19-16(22)20-14-4-2-1-3-11(14)10-21/h5-6,9,11,14,21H,1-4,7-8,10H2,(H2,19,20,22). The number of hydrogen-bond acceptors (Lipinski definition) is 3. The normalized spacial score (nSPS) is 20.8. The van der Waals surface area contributed by atoms with Crippen LogP contribution in [0.25, 0.3) is 0 Å². The molecule has 0 aliphatic heterocycles. The quantitative estimate of drug-likeness (QED) is 0.701. The molecule has 2 atom stereocenters. The number of carbonyl (C=O) groups excluding carboxylic acids is 1. The highest BCUT2D eigenvalue weighted by molar-refractivity contribution is 5.74. The molecule has 0 saturated heterocycles. The van der Waals surface area contributed by atoms with E-state index in [0.717, 1.165) is 37.8 Å². The maximum absolute atomic E-state index is 13.3. The molecule has 0 bridgehead atoms. The Morgan fingerprint density at radius 3 is 2.83 bits per heavy atom. The lowest BCUT2D eigenvalue weighted by molar-refractivity contribution is 0.153. The first kappa shape index (κ1) is 17.5. The second-order valence-electron chi connectivity index (χ2n) is 5.66. The number of rotatable bonds is 6. The number of halogens is 2. The molecule has 1 saturated carbocycles. The summed E-state index contributed by atoms with van der Waals surface area (Å²) in [6, 6.07) is 2.70. The van der Waals surface area contributed by atoms with Gasteiger partial charge in [-0.3, -0.25) is 0 Å². The summed E-state index contributed by atoms with van der Waals surface area (Å²) in [5.74, 6) is -1.40. The molecule has 0 heterocycles. The van der Waals surface area contributed by atoms with Gasteiger partial charge < -0.3 is 20.5 Å². The number of carbonyl (C=O) groups is 1. The van der Waals surface area contributed by atoms with Crippen molar-refractivity contribution in [2.75, 3.05) is 19.8 Å². The van der Waals surface area contributed by atoms with Gasteiger partial charge in [-0.05, 0) is 25.0 Å². The molecule has 2 amide bonds. The minimum absolute atomic E-state index is 0.0239. The van der Waals surface area contributed by atoms with Crippen LogP contribution in [0.2, 0.25) is 0 Å². The van der Waals surface area contributed by atoms with Crippen molar-refractivity contribution >= 4 is 6.03 Å². The van der Waals surface area contributed by atoms with Crippen LogP contribution < -0.4 is 15.4 Å². The Morgan fingerprint density at radius 2 is 2.09 bits per heavy atom. The average molecular weight is 328 g/mol. The van der Waals surface area contributed by atoms with E-state index in [4.69, 9.17) is 4.74 Å². The molecule has 2 rings (SSSR count). The van der Waals surface area contributed by atoms with Crippen molar-refractivity contribution in [3.63, 3.8) is 0 Å². The van der Waals surface area contributed by atoms with Gasteiger partial charge in [-0.25, -0.2) is 13.6 Å². The maximum Gasteiger partial charge on any atom is 0.315 e. The van der Waals surface area contributed by atoms with Crippen molar-refractivity contribution in [2.24, 2.45) is 5.92 Å². The van der Waals surface area contributed by atoms with Crippen LogP contribution in [-0.2, 0) is 0 Å². The van der Waals surface area contributed by atoms with Crippen LogP contribution in [0.4, 0.5) is 13.6 Å². The molecule has 7 heteroatoms. The predicted octanol–water partition coefficient (Wildman–Crippen LogP) is 2.19. The molecule has 5 nitrogen and oxygen atoms in total. The molecular weight excluding hydrogens is 306 g/mol. The number of aliphatic hydroxyl groups excluding tert-OH is 1. The maximum atomic E-state index is 13.3. The highest BCUT2D eigenvalue weighted by Crippen LogP contribution is 2.23. The molecule has 1 fully saturated rings. The number of aliphatic hydroxyl groups is 1. The van der Waals surface area contributed by atoms with Crippen LogP contribution in [0, 0.1) is 17.6 Å². The minimum Gasteiger partial charge on any atom is -0.489 e. The molecule has 0 spiro atoms. The number of nitrogens with one attached hydrogen (secondary N) is 2. The van der Waals surface area contributed by atoms with Crippen molar-refractivity contribution in [1.82, 2.24) is 10.6 Å². The summed E-state index contributed by atoms with van der Waals surface area (Å²) in [6.07, 6.45) is 3.88. The van der Waals surface area contributed by atoms with Gasteiger partial charge in [0.15, 0.2) is 11.6 Å². The molecule has 2 unspecified atom stereocenters. The Morgan fingerprint density at radius 1 is 1.30 bits per heavy atom. The zero-order valence-electron chi connectivity index (χ0n) is 12.9. The molecule has 1 aliphatic rings. The zero-order valence-corrected chi connectivity index (χ0v) is 12.9. The van der Waals surface area contributed by atoms with Crippen LogP contribution in [0.15, 0.2) is 18.2 Å². The van der Waals surface area contributed by atoms with E-state index in [1.807, 2.05) is 0 Å². The lowest BCUT2D eigenvalue weighted by atomic mass is 9.85. The average Bonchev–Trinajstić information content (AvgIpc) is 2.53. The topological polar surface area (TPSA) is 70.6 Å². The second-order valence-corrected chi connectivity index (χ2v) is 5.66. The first-order valence-corrected chi connectivity index (χ1v) is 7.83. The first-order chi connectivity index (χ1) is 11.1. The smallest absolute Gasteiger partial charge is 0.315 e. The lowest BCUT2D eigenvalue weighted by Crippen LogP contribution is -2.48. The Bertz CT molecular complexity index is 528. The van der Waals surface area contributed by atoms with E-state index < -0.39 is 11.6 Å². The number of urea groups is 1.